The van der Waals surface area contributed by atoms with E-state index in [4.69, 9.17) is 0 Å². The largest absolute Gasteiger partial charge is 0.326 e. The fraction of sp³-hybridized carbons (Fsp3) is 0.0833. The summed E-state index contributed by atoms with van der Waals surface area (Å²) in [5, 5.41) is 5.60. The number of amides is 2. The molecule has 2 N–H and O–H groups in total. The number of anilines is 2. The summed E-state index contributed by atoms with van der Waals surface area (Å²) in [5.41, 5.74) is 4.06. The van der Waals surface area contributed by atoms with Crippen LogP contribution in [-0.2, 0) is 16.0 Å². The molecule has 4 heteroatoms. The Balaban J connectivity index is 1.61. The van der Waals surface area contributed by atoms with Crippen LogP contribution in [0.3, 0.4) is 0 Å². The van der Waals surface area contributed by atoms with Crippen molar-refractivity contribution < 1.29 is 9.59 Å². The van der Waals surface area contributed by atoms with Crippen LogP contribution in [0.1, 0.15) is 23.6 Å². The first-order chi connectivity index (χ1) is 13.6. The highest BCUT2D eigenvalue weighted by Crippen LogP contribution is 2.13. The van der Waals surface area contributed by atoms with Crippen molar-refractivity contribution in [3.8, 4) is 11.8 Å². The zero-order chi connectivity index (χ0) is 19.8. The second-order valence-electron chi connectivity index (χ2n) is 6.30. The van der Waals surface area contributed by atoms with E-state index in [1.807, 2.05) is 66.7 Å². The smallest absolute Gasteiger partial charge is 0.228 e. The van der Waals surface area contributed by atoms with Gasteiger partial charge in [-0.15, -0.1) is 0 Å². The number of rotatable bonds is 4. The highest BCUT2D eigenvalue weighted by molar-refractivity contribution is 5.92. The molecule has 138 valence electrons. The van der Waals surface area contributed by atoms with Gasteiger partial charge >= 0.3 is 0 Å². The molecule has 0 aliphatic heterocycles. The third-order valence-corrected chi connectivity index (χ3v) is 3.91. The molecule has 0 aliphatic rings. The molecular weight excluding hydrogens is 348 g/mol. The molecule has 3 rings (SSSR count). The Morgan fingerprint density at radius 2 is 1.43 bits per heavy atom. The van der Waals surface area contributed by atoms with Gasteiger partial charge in [0, 0.05) is 29.4 Å². The minimum atomic E-state index is -0.124. The van der Waals surface area contributed by atoms with E-state index in [0.717, 1.165) is 16.7 Å². The molecule has 3 aromatic carbocycles. The van der Waals surface area contributed by atoms with Crippen molar-refractivity contribution in [2.24, 2.45) is 0 Å². The normalized spacial score (nSPS) is 9.75. The van der Waals surface area contributed by atoms with Crippen LogP contribution >= 0.6 is 0 Å². The zero-order valence-corrected chi connectivity index (χ0v) is 15.5. The summed E-state index contributed by atoms with van der Waals surface area (Å²) in [6.45, 7) is 1.46. The Bertz CT molecular complexity index is 1030. The van der Waals surface area contributed by atoms with Crippen LogP contribution in [0.15, 0.2) is 78.9 Å². The van der Waals surface area contributed by atoms with E-state index in [0.29, 0.717) is 11.4 Å². The van der Waals surface area contributed by atoms with Crippen LogP contribution in [0.2, 0.25) is 0 Å². The number of benzene rings is 3. The number of hydrogen-bond acceptors (Lipinski definition) is 2. The summed E-state index contributed by atoms with van der Waals surface area (Å²) < 4.78 is 0. The van der Waals surface area contributed by atoms with Gasteiger partial charge in [0.05, 0.1) is 6.42 Å². The third kappa shape index (κ3) is 5.86. The van der Waals surface area contributed by atoms with Crippen LogP contribution in [0, 0.1) is 11.8 Å². The highest BCUT2D eigenvalue weighted by atomic mass is 16.2. The first-order valence-electron chi connectivity index (χ1n) is 8.92. The lowest BCUT2D eigenvalue weighted by Crippen LogP contribution is -2.14. The molecule has 0 saturated heterocycles. The monoisotopic (exact) mass is 368 g/mol. The Hall–Kier alpha value is -3.84. The molecule has 28 heavy (non-hydrogen) atoms. The van der Waals surface area contributed by atoms with E-state index in [1.54, 1.807) is 12.1 Å². The second kappa shape index (κ2) is 9.20. The van der Waals surface area contributed by atoms with Crippen molar-refractivity contribution in [3.05, 3.63) is 95.6 Å². The molecule has 4 nitrogen and oxygen atoms in total. The van der Waals surface area contributed by atoms with Gasteiger partial charge in [0.2, 0.25) is 11.8 Å². The van der Waals surface area contributed by atoms with E-state index in [1.165, 1.54) is 6.92 Å². The summed E-state index contributed by atoms with van der Waals surface area (Å²) in [7, 11) is 0. The average Bonchev–Trinajstić information content (AvgIpc) is 2.68. The van der Waals surface area contributed by atoms with Gasteiger partial charge in [-0.3, -0.25) is 9.59 Å². The summed E-state index contributed by atoms with van der Waals surface area (Å²) in [6.07, 6.45) is 0.250. The van der Waals surface area contributed by atoms with Crippen molar-refractivity contribution >= 4 is 23.2 Å². The van der Waals surface area contributed by atoms with E-state index in [9.17, 15) is 9.59 Å². The van der Waals surface area contributed by atoms with Crippen molar-refractivity contribution in [1.29, 1.82) is 0 Å². The Labute approximate surface area is 164 Å². The maximum Gasteiger partial charge on any atom is 0.228 e. The first-order valence-corrected chi connectivity index (χ1v) is 8.92. The summed E-state index contributed by atoms with van der Waals surface area (Å²) in [4.78, 5) is 23.4. The third-order valence-electron chi connectivity index (χ3n) is 3.91. The molecule has 0 saturated carbocycles. The van der Waals surface area contributed by atoms with Gasteiger partial charge in [-0.05, 0) is 48.0 Å². The lowest BCUT2D eigenvalue weighted by atomic mass is 10.1. The van der Waals surface area contributed by atoms with Gasteiger partial charge < -0.3 is 10.6 Å². The van der Waals surface area contributed by atoms with E-state index < -0.39 is 0 Å². The molecule has 0 unspecified atom stereocenters. The molecule has 0 heterocycles. The minimum absolute atomic E-state index is 0.111. The lowest BCUT2D eigenvalue weighted by molar-refractivity contribution is -0.116. The maximum atomic E-state index is 12.3. The van der Waals surface area contributed by atoms with Crippen molar-refractivity contribution in [2.75, 3.05) is 10.6 Å². The van der Waals surface area contributed by atoms with Crippen molar-refractivity contribution in [2.45, 2.75) is 13.3 Å². The minimum Gasteiger partial charge on any atom is -0.326 e. The van der Waals surface area contributed by atoms with Gasteiger partial charge in [0.25, 0.3) is 0 Å². The summed E-state index contributed by atoms with van der Waals surface area (Å²) in [5.74, 6) is 5.98. The summed E-state index contributed by atoms with van der Waals surface area (Å²) >= 11 is 0. The van der Waals surface area contributed by atoms with Crippen LogP contribution in [0.5, 0.6) is 0 Å². The Kier molecular flexibility index (Phi) is 6.22. The fourth-order valence-corrected chi connectivity index (χ4v) is 2.64. The number of carbonyl (C=O) groups is 2. The Morgan fingerprint density at radius 1 is 0.750 bits per heavy atom. The van der Waals surface area contributed by atoms with Crippen LogP contribution in [0.4, 0.5) is 11.4 Å². The van der Waals surface area contributed by atoms with Crippen LogP contribution in [-0.4, -0.2) is 11.8 Å². The standard InChI is InChI=1S/C24H20N2O2/c1-18(27)25-22-14-12-21(13-15-22)17-24(28)26-23-9-5-8-20(16-23)11-10-19-6-3-2-4-7-19/h2-9,12-16H,17H2,1H3,(H,25,27)(H,26,28). The quantitative estimate of drug-likeness (QED) is 0.677. The maximum absolute atomic E-state index is 12.3. The topological polar surface area (TPSA) is 58.2 Å². The van der Waals surface area contributed by atoms with Gasteiger partial charge in [-0.1, -0.05) is 48.2 Å². The van der Waals surface area contributed by atoms with Gasteiger partial charge in [-0.25, -0.2) is 0 Å². The van der Waals surface area contributed by atoms with E-state index in [2.05, 4.69) is 22.5 Å². The number of nitrogens with one attached hydrogen (secondary N) is 2. The molecular formula is C24H20N2O2. The van der Waals surface area contributed by atoms with E-state index >= 15 is 0 Å². The predicted molar refractivity (Wildman–Crippen MR) is 112 cm³/mol. The van der Waals surface area contributed by atoms with E-state index in [-0.39, 0.29) is 18.2 Å². The number of carbonyl (C=O) groups excluding carboxylic acids is 2. The first kappa shape index (κ1) is 18.9. The molecule has 0 bridgehead atoms. The fourth-order valence-electron chi connectivity index (χ4n) is 2.64. The molecule has 0 spiro atoms. The molecule has 3 aromatic rings. The lowest BCUT2D eigenvalue weighted by Gasteiger charge is -2.07. The molecule has 0 radical (unpaired) electrons. The van der Waals surface area contributed by atoms with Gasteiger partial charge in [0.1, 0.15) is 0 Å². The zero-order valence-electron chi connectivity index (χ0n) is 15.5. The Morgan fingerprint density at radius 3 is 2.14 bits per heavy atom. The van der Waals surface area contributed by atoms with Crippen LogP contribution in [0.25, 0.3) is 0 Å². The average molecular weight is 368 g/mol. The van der Waals surface area contributed by atoms with Crippen molar-refractivity contribution in [3.63, 3.8) is 0 Å². The van der Waals surface area contributed by atoms with Crippen molar-refractivity contribution in [1.82, 2.24) is 0 Å². The molecule has 0 aromatic heterocycles. The molecule has 0 atom stereocenters. The molecule has 0 aliphatic carbocycles. The van der Waals surface area contributed by atoms with Crippen LogP contribution < -0.4 is 10.6 Å². The predicted octanol–water partition coefficient (Wildman–Crippen LogP) is 4.23. The SMILES string of the molecule is CC(=O)Nc1ccc(CC(=O)Nc2cccc(C#Cc3ccccc3)c2)cc1. The summed E-state index contributed by atoms with van der Waals surface area (Å²) in [6, 6.07) is 24.4. The van der Waals surface area contributed by atoms with Gasteiger partial charge in [-0.2, -0.15) is 0 Å². The molecule has 2 amide bonds. The van der Waals surface area contributed by atoms with Gasteiger partial charge in [0.15, 0.2) is 0 Å². The second-order valence-corrected chi connectivity index (χ2v) is 6.30. The highest BCUT2D eigenvalue weighted by Gasteiger charge is 2.05. The molecule has 0 fully saturated rings. The number of hydrogen-bond donors (Lipinski definition) is 2.